The van der Waals surface area contributed by atoms with Crippen LogP contribution >= 0.6 is 0 Å². The Bertz CT molecular complexity index is 660. The van der Waals surface area contributed by atoms with E-state index in [0.717, 1.165) is 16.9 Å². The lowest BCUT2D eigenvalue weighted by atomic mass is 10.1. The molecule has 20 heavy (non-hydrogen) atoms. The number of carbonyl (C=O) groups excluding carboxylic acids is 1. The first-order valence-electron chi connectivity index (χ1n) is 6.77. The average Bonchev–Trinajstić information content (AvgIpc) is 2.96. The van der Waals surface area contributed by atoms with Crippen LogP contribution in [-0.4, -0.2) is 15.7 Å². The van der Waals surface area contributed by atoms with Crippen molar-refractivity contribution in [3.63, 3.8) is 0 Å². The Morgan fingerprint density at radius 2 is 2.15 bits per heavy atom. The topological polar surface area (TPSA) is 64.2 Å². The molecule has 2 aromatic rings. The standard InChI is InChI=1S/C15H18N4O/c1-10(2)19-6-5-13(17-19)9-18-14-4-3-12(16)7-11(14)8-15(18)20/h3-7,10H,8-9,16H2,1-2H3. The molecule has 104 valence electrons. The van der Waals surface area contributed by atoms with E-state index in [2.05, 4.69) is 18.9 Å². The summed E-state index contributed by atoms with van der Waals surface area (Å²) in [5.74, 6) is 0.102. The predicted octanol–water partition coefficient (Wildman–Crippen LogP) is 2.14. The number of nitrogen functional groups attached to an aromatic ring is 1. The second kappa shape index (κ2) is 4.67. The fourth-order valence-electron chi connectivity index (χ4n) is 2.49. The fourth-order valence-corrected chi connectivity index (χ4v) is 2.49. The summed E-state index contributed by atoms with van der Waals surface area (Å²) in [6, 6.07) is 7.90. The van der Waals surface area contributed by atoms with E-state index in [1.54, 1.807) is 4.90 Å². The minimum Gasteiger partial charge on any atom is -0.399 e. The van der Waals surface area contributed by atoms with Crippen LogP contribution in [0.5, 0.6) is 0 Å². The molecule has 0 spiro atoms. The molecule has 0 atom stereocenters. The number of anilines is 2. The van der Waals surface area contributed by atoms with Gasteiger partial charge in [0.1, 0.15) is 0 Å². The van der Waals surface area contributed by atoms with Gasteiger partial charge in [-0.05, 0) is 43.7 Å². The molecule has 3 rings (SSSR count). The molecule has 5 heteroatoms. The maximum atomic E-state index is 12.1. The van der Waals surface area contributed by atoms with Gasteiger partial charge in [-0.25, -0.2) is 0 Å². The number of nitrogens with two attached hydrogens (primary N) is 1. The molecular weight excluding hydrogens is 252 g/mol. The molecule has 0 fully saturated rings. The highest BCUT2D eigenvalue weighted by atomic mass is 16.2. The maximum absolute atomic E-state index is 12.1. The van der Waals surface area contributed by atoms with E-state index in [1.807, 2.05) is 35.1 Å². The van der Waals surface area contributed by atoms with Crippen molar-refractivity contribution in [1.82, 2.24) is 9.78 Å². The number of hydrogen-bond donors (Lipinski definition) is 1. The van der Waals surface area contributed by atoms with Gasteiger partial charge in [0.2, 0.25) is 5.91 Å². The van der Waals surface area contributed by atoms with Crippen LogP contribution in [0.25, 0.3) is 0 Å². The van der Waals surface area contributed by atoms with E-state index in [1.165, 1.54) is 0 Å². The van der Waals surface area contributed by atoms with E-state index < -0.39 is 0 Å². The molecule has 1 aromatic carbocycles. The molecule has 2 N–H and O–H groups in total. The molecule has 0 unspecified atom stereocenters. The number of nitrogens with zero attached hydrogens (tertiary/aromatic N) is 3. The first kappa shape index (κ1) is 12.7. The van der Waals surface area contributed by atoms with Gasteiger partial charge in [-0.2, -0.15) is 5.10 Å². The summed E-state index contributed by atoms with van der Waals surface area (Å²) in [6.45, 7) is 4.67. The second-order valence-corrected chi connectivity index (χ2v) is 5.43. The third-order valence-corrected chi connectivity index (χ3v) is 3.55. The van der Waals surface area contributed by atoms with Crippen LogP contribution in [0, 0.1) is 0 Å². The monoisotopic (exact) mass is 270 g/mol. The number of fused-ring (bicyclic) bond motifs is 1. The number of aromatic nitrogens is 2. The van der Waals surface area contributed by atoms with Crippen LogP contribution in [0.1, 0.15) is 31.1 Å². The van der Waals surface area contributed by atoms with Crippen molar-refractivity contribution in [3.8, 4) is 0 Å². The van der Waals surface area contributed by atoms with Gasteiger partial charge < -0.3 is 10.6 Å². The fraction of sp³-hybridized carbons (Fsp3) is 0.333. The molecular formula is C15H18N4O. The highest BCUT2D eigenvalue weighted by Crippen LogP contribution is 2.31. The summed E-state index contributed by atoms with van der Waals surface area (Å²) in [5, 5.41) is 4.50. The van der Waals surface area contributed by atoms with Gasteiger partial charge in [0.25, 0.3) is 0 Å². The summed E-state index contributed by atoms with van der Waals surface area (Å²) in [6.07, 6.45) is 2.37. The van der Waals surface area contributed by atoms with Gasteiger partial charge in [0.15, 0.2) is 0 Å². The number of carbonyl (C=O) groups is 1. The summed E-state index contributed by atoms with van der Waals surface area (Å²) < 4.78 is 1.90. The molecule has 5 nitrogen and oxygen atoms in total. The predicted molar refractivity (Wildman–Crippen MR) is 78.4 cm³/mol. The summed E-state index contributed by atoms with van der Waals surface area (Å²) in [7, 11) is 0. The van der Waals surface area contributed by atoms with Crippen molar-refractivity contribution in [3.05, 3.63) is 41.7 Å². The summed E-state index contributed by atoms with van der Waals surface area (Å²) >= 11 is 0. The van der Waals surface area contributed by atoms with Gasteiger partial charge in [0.05, 0.1) is 18.7 Å². The molecule has 1 aromatic heterocycles. The van der Waals surface area contributed by atoms with Crippen LogP contribution in [-0.2, 0) is 17.8 Å². The number of hydrogen-bond acceptors (Lipinski definition) is 3. The quantitative estimate of drug-likeness (QED) is 0.869. The number of amides is 1. The molecule has 2 heterocycles. The first-order valence-corrected chi connectivity index (χ1v) is 6.77. The molecule has 0 saturated heterocycles. The lowest BCUT2D eigenvalue weighted by molar-refractivity contribution is -0.117. The second-order valence-electron chi connectivity index (χ2n) is 5.43. The van der Waals surface area contributed by atoms with Crippen LogP contribution in [0.15, 0.2) is 30.5 Å². The van der Waals surface area contributed by atoms with Crippen molar-refractivity contribution < 1.29 is 4.79 Å². The smallest absolute Gasteiger partial charge is 0.231 e. The molecule has 0 saturated carbocycles. The zero-order chi connectivity index (χ0) is 14.3. The zero-order valence-electron chi connectivity index (χ0n) is 11.7. The largest absolute Gasteiger partial charge is 0.399 e. The van der Waals surface area contributed by atoms with Crippen molar-refractivity contribution in [2.45, 2.75) is 32.9 Å². The Balaban J connectivity index is 1.86. The third-order valence-electron chi connectivity index (χ3n) is 3.55. The van der Waals surface area contributed by atoms with Crippen molar-refractivity contribution in [2.75, 3.05) is 10.6 Å². The van der Waals surface area contributed by atoms with Crippen LogP contribution in [0.3, 0.4) is 0 Å². The van der Waals surface area contributed by atoms with E-state index in [-0.39, 0.29) is 5.91 Å². The Labute approximate surface area is 118 Å². The van der Waals surface area contributed by atoms with Gasteiger partial charge in [0, 0.05) is 23.6 Å². The van der Waals surface area contributed by atoms with Crippen molar-refractivity contribution in [2.24, 2.45) is 0 Å². The van der Waals surface area contributed by atoms with E-state index in [4.69, 9.17) is 5.73 Å². The molecule has 0 bridgehead atoms. The minimum absolute atomic E-state index is 0.102. The van der Waals surface area contributed by atoms with Crippen LogP contribution in [0.2, 0.25) is 0 Å². The molecule has 1 aliphatic rings. The van der Waals surface area contributed by atoms with Gasteiger partial charge >= 0.3 is 0 Å². The molecule has 1 amide bonds. The lowest BCUT2D eigenvalue weighted by Gasteiger charge is -2.16. The Hall–Kier alpha value is -2.30. The van der Waals surface area contributed by atoms with Gasteiger partial charge in [-0.15, -0.1) is 0 Å². The Morgan fingerprint density at radius 3 is 2.85 bits per heavy atom. The number of benzene rings is 1. The van der Waals surface area contributed by atoms with Crippen LogP contribution < -0.4 is 10.6 Å². The highest BCUT2D eigenvalue weighted by molar-refractivity contribution is 6.01. The van der Waals surface area contributed by atoms with E-state index >= 15 is 0 Å². The Morgan fingerprint density at radius 1 is 1.35 bits per heavy atom. The van der Waals surface area contributed by atoms with Gasteiger partial charge in [-0.1, -0.05) is 0 Å². The van der Waals surface area contributed by atoms with Crippen molar-refractivity contribution in [1.29, 1.82) is 0 Å². The molecule has 0 aliphatic carbocycles. The SMILES string of the molecule is CC(C)n1ccc(CN2C(=O)Cc3cc(N)ccc32)n1. The maximum Gasteiger partial charge on any atom is 0.231 e. The summed E-state index contributed by atoms with van der Waals surface area (Å²) in [4.78, 5) is 13.9. The summed E-state index contributed by atoms with van der Waals surface area (Å²) in [5.41, 5.74) is 9.31. The zero-order valence-corrected chi connectivity index (χ0v) is 11.7. The van der Waals surface area contributed by atoms with Crippen LogP contribution in [0.4, 0.5) is 11.4 Å². The van der Waals surface area contributed by atoms with Gasteiger partial charge in [-0.3, -0.25) is 9.48 Å². The average molecular weight is 270 g/mol. The van der Waals surface area contributed by atoms with Crippen molar-refractivity contribution >= 4 is 17.3 Å². The highest BCUT2D eigenvalue weighted by Gasteiger charge is 2.27. The normalized spacial score (nSPS) is 14.2. The molecule has 1 aliphatic heterocycles. The molecule has 0 radical (unpaired) electrons. The third kappa shape index (κ3) is 2.15. The minimum atomic E-state index is 0.102. The first-order chi connectivity index (χ1) is 9.54. The lowest BCUT2D eigenvalue weighted by Crippen LogP contribution is -2.26. The number of rotatable bonds is 3. The van der Waals surface area contributed by atoms with E-state index in [0.29, 0.717) is 24.7 Å². The van der Waals surface area contributed by atoms with E-state index in [9.17, 15) is 4.79 Å². The Kier molecular flexibility index (Phi) is 2.97.